The molecule has 76 valence electrons. The maximum atomic E-state index is 10.3. The van der Waals surface area contributed by atoms with Gasteiger partial charge in [0.2, 0.25) is 0 Å². The lowest BCUT2D eigenvalue weighted by Crippen LogP contribution is -2.42. The predicted molar refractivity (Wildman–Crippen MR) is 49.4 cm³/mol. The first kappa shape index (κ1) is 10.7. The van der Waals surface area contributed by atoms with Crippen LogP contribution in [0.15, 0.2) is 0 Å². The molecule has 1 aliphatic rings. The van der Waals surface area contributed by atoms with Crippen LogP contribution in [0.25, 0.3) is 0 Å². The Bertz CT molecular complexity index is 170. The molecule has 0 aromatic carbocycles. The number of carbonyl (C=O) groups excluding carboxylic acids is 1. The van der Waals surface area contributed by atoms with Gasteiger partial charge in [-0.05, 0) is 6.42 Å². The van der Waals surface area contributed by atoms with Crippen molar-refractivity contribution in [1.82, 2.24) is 0 Å². The second-order valence-electron chi connectivity index (χ2n) is 3.77. The number of ether oxygens (including phenoxy) is 1. The Balaban J connectivity index is 2.52. The molecule has 1 N–H and O–H groups in total. The lowest BCUT2D eigenvalue weighted by Gasteiger charge is -2.37. The lowest BCUT2D eigenvalue weighted by molar-refractivity contribution is -0.138. The number of hydrogen-bond donors (Lipinski definition) is 1. The summed E-state index contributed by atoms with van der Waals surface area (Å²) in [6, 6.07) is 0. The first-order valence-electron chi connectivity index (χ1n) is 4.96. The van der Waals surface area contributed by atoms with Crippen molar-refractivity contribution in [3.8, 4) is 0 Å². The SMILES string of the molecule is CCC1OC(CC=O)CC(O)[C@H]1C. The van der Waals surface area contributed by atoms with Crippen LogP contribution in [0.5, 0.6) is 0 Å². The van der Waals surface area contributed by atoms with Crippen LogP contribution in [0.1, 0.15) is 33.1 Å². The van der Waals surface area contributed by atoms with E-state index in [2.05, 4.69) is 0 Å². The molecule has 1 rings (SSSR count). The number of aliphatic hydroxyl groups excluding tert-OH is 1. The summed E-state index contributed by atoms with van der Waals surface area (Å²) < 4.78 is 5.67. The molecule has 0 aromatic rings. The van der Waals surface area contributed by atoms with E-state index in [4.69, 9.17) is 4.74 Å². The molecule has 3 unspecified atom stereocenters. The van der Waals surface area contributed by atoms with E-state index in [1.54, 1.807) is 0 Å². The van der Waals surface area contributed by atoms with Crippen molar-refractivity contribution in [3.05, 3.63) is 0 Å². The van der Waals surface area contributed by atoms with Crippen molar-refractivity contribution >= 4 is 6.29 Å². The molecule has 0 saturated carbocycles. The number of aliphatic hydroxyl groups is 1. The molecule has 0 aliphatic carbocycles. The van der Waals surface area contributed by atoms with Crippen LogP contribution in [-0.2, 0) is 9.53 Å². The molecule has 1 fully saturated rings. The fourth-order valence-corrected chi connectivity index (χ4v) is 1.89. The Kier molecular flexibility index (Phi) is 3.88. The van der Waals surface area contributed by atoms with Crippen LogP contribution in [0.3, 0.4) is 0 Å². The van der Waals surface area contributed by atoms with Crippen molar-refractivity contribution in [2.45, 2.75) is 51.4 Å². The zero-order valence-electron chi connectivity index (χ0n) is 8.27. The van der Waals surface area contributed by atoms with E-state index in [-0.39, 0.29) is 24.2 Å². The van der Waals surface area contributed by atoms with E-state index in [0.717, 1.165) is 12.7 Å². The first-order chi connectivity index (χ1) is 6.19. The molecular formula is C10H18O3. The Labute approximate surface area is 79.1 Å². The molecule has 0 bridgehead atoms. The van der Waals surface area contributed by atoms with Gasteiger partial charge in [-0.25, -0.2) is 0 Å². The molecule has 1 saturated heterocycles. The van der Waals surface area contributed by atoms with E-state index in [0.29, 0.717) is 12.8 Å². The van der Waals surface area contributed by atoms with Gasteiger partial charge in [0, 0.05) is 18.8 Å². The van der Waals surface area contributed by atoms with Gasteiger partial charge in [-0.3, -0.25) is 0 Å². The highest BCUT2D eigenvalue weighted by Crippen LogP contribution is 2.28. The topological polar surface area (TPSA) is 46.5 Å². The van der Waals surface area contributed by atoms with Crippen LogP contribution in [0.2, 0.25) is 0 Å². The fraction of sp³-hybridized carbons (Fsp3) is 0.900. The van der Waals surface area contributed by atoms with Crippen LogP contribution in [-0.4, -0.2) is 29.7 Å². The summed E-state index contributed by atoms with van der Waals surface area (Å²) >= 11 is 0. The van der Waals surface area contributed by atoms with Gasteiger partial charge in [-0.2, -0.15) is 0 Å². The molecule has 0 amide bonds. The van der Waals surface area contributed by atoms with Crippen LogP contribution < -0.4 is 0 Å². The number of carbonyl (C=O) groups is 1. The highest BCUT2D eigenvalue weighted by Gasteiger charge is 2.33. The van der Waals surface area contributed by atoms with Gasteiger partial charge in [0.25, 0.3) is 0 Å². The largest absolute Gasteiger partial charge is 0.393 e. The quantitative estimate of drug-likeness (QED) is 0.672. The highest BCUT2D eigenvalue weighted by atomic mass is 16.5. The monoisotopic (exact) mass is 186 g/mol. The molecule has 0 aromatic heterocycles. The molecule has 3 heteroatoms. The number of rotatable bonds is 3. The van der Waals surface area contributed by atoms with Crippen molar-refractivity contribution in [1.29, 1.82) is 0 Å². The second kappa shape index (κ2) is 4.72. The number of hydrogen-bond acceptors (Lipinski definition) is 3. The van der Waals surface area contributed by atoms with Gasteiger partial charge in [0.05, 0.1) is 18.3 Å². The third-order valence-corrected chi connectivity index (χ3v) is 2.83. The van der Waals surface area contributed by atoms with E-state index in [1.807, 2.05) is 13.8 Å². The molecule has 0 spiro atoms. The average Bonchev–Trinajstić information content (AvgIpc) is 2.11. The van der Waals surface area contributed by atoms with E-state index < -0.39 is 0 Å². The van der Waals surface area contributed by atoms with Crippen LogP contribution >= 0.6 is 0 Å². The maximum Gasteiger partial charge on any atom is 0.122 e. The molecule has 1 heterocycles. The van der Waals surface area contributed by atoms with Crippen LogP contribution in [0.4, 0.5) is 0 Å². The summed E-state index contributed by atoms with van der Waals surface area (Å²) in [4.78, 5) is 10.3. The average molecular weight is 186 g/mol. The minimum absolute atomic E-state index is 0.0753. The molecule has 0 radical (unpaired) electrons. The van der Waals surface area contributed by atoms with Crippen molar-refractivity contribution in [2.75, 3.05) is 0 Å². The van der Waals surface area contributed by atoms with Crippen molar-refractivity contribution in [3.63, 3.8) is 0 Å². The first-order valence-corrected chi connectivity index (χ1v) is 4.96. The van der Waals surface area contributed by atoms with Gasteiger partial charge in [-0.1, -0.05) is 13.8 Å². The van der Waals surface area contributed by atoms with Gasteiger partial charge in [0.15, 0.2) is 0 Å². The Morgan fingerprint density at radius 1 is 1.62 bits per heavy atom. The Morgan fingerprint density at radius 3 is 2.85 bits per heavy atom. The predicted octanol–water partition coefficient (Wildman–Crippen LogP) is 1.14. The second-order valence-corrected chi connectivity index (χ2v) is 3.77. The van der Waals surface area contributed by atoms with Gasteiger partial charge in [-0.15, -0.1) is 0 Å². The van der Waals surface area contributed by atoms with Crippen molar-refractivity contribution in [2.24, 2.45) is 5.92 Å². The van der Waals surface area contributed by atoms with E-state index in [1.165, 1.54) is 0 Å². The Hall–Kier alpha value is -0.410. The molecular weight excluding hydrogens is 168 g/mol. The molecule has 1 aliphatic heterocycles. The smallest absolute Gasteiger partial charge is 0.122 e. The zero-order valence-corrected chi connectivity index (χ0v) is 8.27. The fourth-order valence-electron chi connectivity index (χ4n) is 1.89. The summed E-state index contributed by atoms with van der Waals surface area (Å²) in [7, 11) is 0. The van der Waals surface area contributed by atoms with Gasteiger partial charge in [0.1, 0.15) is 6.29 Å². The number of aldehydes is 1. The molecule has 13 heavy (non-hydrogen) atoms. The van der Waals surface area contributed by atoms with Gasteiger partial charge < -0.3 is 14.6 Å². The minimum atomic E-state index is -0.316. The van der Waals surface area contributed by atoms with Crippen LogP contribution in [0, 0.1) is 5.92 Å². The maximum absolute atomic E-state index is 10.3. The zero-order chi connectivity index (χ0) is 9.84. The minimum Gasteiger partial charge on any atom is -0.393 e. The summed E-state index contributed by atoms with van der Waals surface area (Å²) in [5.41, 5.74) is 0. The normalized spacial score (nSPS) is 40.2. The van der Waals surface area contributed by atoms with Gasteiger partial charge >= 0.3 is 0 Å². The lowest BCUT2D eigenvalue weighted by atomic mass is 9.88. The van der Waals surface area contributed by atoms with E-state index in [9.17, 15) is 9.90 Å². The highest BCUT2D eigenvalue weighted by molar-refractivity contribution is 5.50. The summed E-state index contributed by atoms with van der Waals surface area (Å²) in [5.74, 6) is 0.188. The summed E-state index contributed by atoms with van der Waals surface area (Å²) in [6.07, 6.45) is 2.47. The summed E-state index contributed by atoms with van der Waals surface area (Å²) in [5, 5.41) is 9.68. The Morgan fingerprint density at radius 2 is 2.31 bits per heavy atom. The van der Waals surface area contributed by atoms with E-state index >= 15 is 0 Å². The summed E-state index contributed by atoms with van der Waals surface area (Å²) in [6.45, 7) is 4.03. The molecule has 4 atom stereocenters. The molecule has 3 nitrogen and oxygen atoms in total. The van der Waals surface area contributed by atoms with Crippen molar-refractivity contribution < 1.29 is 14.6 Å². The third kappa shape index (κ3) is 2.51. The standard InChI is InChI=1S/C10H18O3/c1-3-10-7(2)9(12)6-8(13-10)4-5-11/h5,7-10,12H,3-4,6H2,1-2H3/t7-,8?,9?,10?/m1/s1. The third-order valence-electron chi connectivity index (χ3n) is 2.83.